The normalized spacial score (nSPS) is 3.60. The topological polar surface area (TPSA) is 236 Å². The molecule has 0 spiro atoms. The average molecular weight is 1200 g/mol. The molecule has 0 aromatic rings. The third-order valence-electron chi connectivity index (χ3n) is 0. The summed E-state index contributed by atoms with van der Waals surface area (Å²) in [6, 6.07) is 0. The number of rotatable bonds is 0. The van der Waals surface area contributed by atoms with E-state index < -0.39 is 0 Å². The van der Waals surface area contributed by atoms with Crippen molar-refractivity contribution in [3.63, 3.8) is 0 Å². The van der Waals surface area contributed by atoms with Crippen molar-refractivity contribution in [3.05, 3.63) is 0 Å². The van der Waals surface area contributed by atoms with E-state index in [9.17, 15) is 0 Å². The zero-order valence-corrected chi connectivity index (χ0v) is 53.6. The van der Waals surface area contributed by atoms with Crippen molar-refractivity contribution in [1.82, 2.24) is 0 Å². The van der Waals surface area contributed by atoms with Crippen LogP contribution in [0.2, 0.25) is 0 Å². The molecule has 0 unspecified atom stereocenters. The van der Waals surface area contributed by atoms with Gasteiger partial charge in [-0.05, 0) is 0 Å². The Morgan fingerprint density at radius 3 is 0.129 bits per heavy atom. The highest BCUT2D eigenvalue weighted by Crippen LogP contribution is 1.31. The van der Waals surface area contributed by atoms with Crippen LogP contribution in [0.5, 0.6) is 0 Å². The summed E-state index contributed by atoms with van der Waals surface area (Å²) in [7, 11) is 34.0. The van der Waals surface area contributed by atoms with Crippen molar-refractivity contribution in [1.29, 1.82) is 0 Å². The maximum absolute atomic E-state index is 7.00. The van der Waals surface area contributed by atoms with Crippen LogP contribution in [0.25, 0.3) is 0 Å². The van der Waals surface area contributed by atoms with Gasteiger partial charge in [-0.3, -0.25) is 0 Å². The smallest absolute Gasteiger partial charge is 0.0351 e. The molecule has 70 heavy (non-hydrogen) atoms. The number of aliphatic hydroxyl groups excluding tert-OH is 8. The highest BCUT2D eigenvalue weighted by Gasteiger charge is 1.28. The second kappa shape index (κ2) is 4890. The number of methoxy groups -OCH3 is 8. The van der Waals surface area contributed by atoms with Crippen LogP contribution in [0.15, 0.2) is 0 Å². The number of halogens is 1. The lowest BCUT2D eigenvalue weighted by atomic mass is 11.0. The summed E-state index contributed by atoms with van der Waals surface area (Å²) < 4.78 is 34.0. The number of hydrogen-bond donors (Lipinski definition) is 8. The Morgan fingerprint density at radius 2 is 0.129 bits per heavy atom. The Balaban J connectivity index is -0.00000000504. The molecular formula is C53H177IO16. The van der Waals surface area contributed by atoms with Gasteiger partial charge in [-0.1, -0.05) is 205 Å². The second-order valence-corrected chi connectivity index (χ2v) is 3.27. The average Bonchev–Trinajstić information content (AvgIpc) is 3.37. The van der Waals surface area contributed by atoms with Crippen LogP contribution in [0, 0.1) is 0 Å². The van der Waals surface area contributed by atoms with Crippen LogP contribution in [0.4, 0.5) is 0 Å². The van der Waals surface area contributed by atoms with Crippen LogP contribution in [0.1, 0.15) is 205 Å². The largest absolute Gasteiger partial charge is 0.400 e. The van der Waals surface area contributed by atoms with Gasteiger partial charge in [-0.2, -0.15) is 0 Å². The second-order valence-electron chi connectivity index (χ2n) is 3.27. The fourth-order valence-electron chi connectivity index (χ4n) is 0. The van der Waals surface area contributed by atoms with Crippen LogP contribution < -0.4 is 0 Å². The van der Waals surface area contributed by atoms with E-state index in [-0.39, 0.29) is 90.8 Å². The van der Waals surface area contributed by atoms with Gasteiger partial charge in [0.15, 0.2) is 0 Å². The van der Waals surface area contributed by atoms with E-state index in [1.165, 1.54) is 0 Å². The molecule has 17 heteroatoms. The molecule has 0 aliphatic carbocycles. The van der Waals surface area contributed by atoms with Gasteiger partial charge in [-0.15, -0.1) is 24.0 Å². The minimum Gasteiger partial charge on any atom is -0.400 e. The third-order valence-corrected chi connectivity index (χ3v) is 0. The van der Waals surface area contributed by atoms with Gasteiger partial charge in [0, 0.05) is 171 Å². The van der Waals surface area contributed by atoms with E-state index in [2.05, 4.69) is 37.9 Å². The Morgan fingerprint density at radius 1 is 0.129 bits per heavy atom. The summed E-state index contributed by atoms with van der Waals surface area (Å²) >= 11 is 0. The summed E-state index contributed by atoms with van der Waals surface area (Å²) in [6.45, 7) is 40.0. The number of aliphatic hydroxyl groups is 8. The molecule has 0 bridgehead atoms. The van der Waals surface area contributed by atoms with Crippen LogP contribution in [-0.4, -0.2) is 211 Å². The first-order valence-electron chi connectivity index (χ1n) is 20.1. The molecule has 0 saturated carbocycles. The zero-order valence-electron chi connectivity index (χ0n) is 51.3. The maximum atomic E-state index is 7.00. The Labute approximate surface area is 476 Å². The molecule has 0 aromatic carbocycles. The summed E-state index contributed by atoms with van der Waals surface area (Å²) in [5.41, 5.74) is 0. The van der Waals surface area contributed by atoms with Gasteiger partial charge in [0.2, 0.25) is 0 Å². The lowest BCUT2D eigenvalue weighted by molar-refractivity contribution is 0.277. The molecule has 0 radical (unpaired) electrons. The van der Waals surface area contributed by atoms with Gasteiger partial charge in [0.1, 0.15) is 0 Å². The van der Waals surface area contributed by atoms with Crippen molar-refractivity contribution in [2.75, 3.05) is 171 Å². The Kier molecular flexibility index (Phi) is 20100. The predicted octanol–water partition coefficient (Wildman–Crippen LogP) is 15.6. The van der Waals surface area contributed by atoms with E-state index in [4.69, 9.17) is 40.9 Å². The van der Waals surface area contributed by atoms with Crippen molar-refractivity contribution < 1.29 is 78.7 Å². The predicted molar refractivity (Wildman–Crippen MR) is 358 cm³/mol. The van der Waals surface area contributed by atoms with Crippen LogP contribution in [0.3, 0.4) is 0 Å². The first kappa shape index (κ1) is 288. The van der Waals surface area contributed by atoms with E-state index >= 15 is 0 Å². The highest BCUT2D eigenvalue weighted by molar-refractivity contribution is 14.0. The van der Waals surface area contributed by atoms with Gasteiger partial charge >= 0.3 is 0 Å². The Hall–Kier alpha value is 0.0900. The molecule has 492 valence electrons. The van der Waals surface area contributed by atoms with Crippen LogP contribution >= 0.6 is 24.0 Å². The minimum absolute atomic E-state index is 0. The molecule has 0 fully saturated rings. The van der Waals surface area contributed by atoms with E-state index in [0.717, 1.165) is 56.9 Å². The van der Waals surface area contributed by atoms with E-state index in [1.807, 2.05) is 138 Å². The molecule has 0 aliphatic heterocycles. The van der Waals surface area contributed by atoms with Crippen molar-refractivity contribution in [2.24, 2.45) is 0 Å². The van der Waals surface area contributed by atoms with Crippen molar-refractivity contribution in [3.8, 4) is 0 Å². The molecule has 0 amide bonds. The van der Waals surface area contributed by atoms with E-state index in [1.54, 1.807) is 114 Å². The summed E-state index contributed by atoms with van der Waals surface area (Å²) in [5.74, 6) is 0. The van der Waals surface area contributed by atoms with Crippen molar-refractivity contribution in [2.45, 2.75) is 205 Å². The monoisotopic (exact) mass is 1200 g/mol. The molecule has 16 nitrogen and oxygen atoms in total. The molecule has 0 atom stereocenters. The molecule has 0 rings (SSSR count). The molecule has 0 saturated heterocycles. The Bertz CT molecular complexity index is 85.5. The molecule has 0 heterocycles. The molecular weight excluding hydrogens is 1020 g/mol. The minimum atomic E-state index is 0. The van der Waals surface area contributed by atoms with Gasteiger partial charge in [0.25, 0.3) is 0 Å². The molecule has 0 aliphatic rings. The first-order chi connectivity index (χ1) is 29.3. The first-order valence-corrected chi connectivity index (χ1v) is 20.1. The quantitative estimate of drug-likeness (QED) is 0.105. The third kappa shape index (κ3) is 37800000. The van der Waals surface area contributed by atoms with E-state index in [0.29, 0.717) is 0 Å². The van der Waals surface area contributed by atoms with Gasteiger partial charge in [-0.25, -0.2) is 0 Å². The highest BCUT2D eigenvalue weighted by atomic mass is 127. The number of ether oxygens (including phenoxy) is 8. The summed E-state index contributed by atoms with van der Waals surface area (Å²) in [4.78, 5) is 0. The maximum Gasteiger partial charge on any atom is 0.0351 e. The zero-order chi connectivity index (χ0) is 57.7. The fourth-order valence-corrected chi connectivity index (χ4v) is 0. The SMILES string of the molecule is C.C.C.C.C.C.C.C.C.CC.CC.CC.CC.CC.CC.CC.CC.CC.CC.CO.CO.CO.CO.CO.CO.CO.CO.COC.COC.COC.COC.COC.COC.COC.COC.I. The van der Waals surface area contributed by atoms with Gasteiger partial charge in [0.05, 0.1) is 0 Å². The molecule has 8 N–H and O–H groups in total. The standard InChI is InChI=1S/8C2H6O.10C2H6.8CH4O.9CH4.HI/c8*1-3-2;18*1-2;;;;;;;;;;/h8*1-2H3;10*1-2H3;8*2H,1H3;9*1H4;1H. The van der Waals surface area contributed by atoms with Crippen molar-refractivity contribution >= 4 is 24.0 Å². The van der Waals surface area contributed by atoms with Crippen LogP contribution in [-0.2, 0) is 37.9 Å². The summed E-state index contributed by atoms with van der Waals surface area (Å²) in [5, 5.41) is 56.0. The number of hydrogen-bond acceptors (Lipinski definition) is 16. The molecule has 0 aromatic heterocycles. The van der Waals surface area contributed by atoms with Gasteiger partial charge < -0.3 is 78.7 Å². The fraction of sp³-hybridized carbons (Fsp3) is 1.00. The lowest BCUT2D eigenvalue weighted by Crippen LogP contribution is -1.55. The lowest BCUT2D eigenvalue weighted by Gasteiger charge is -1.61. The summed E-state index contributed by atoms with van der Waals surface area (Å²) in [6.07, 6.45) is 0.